The third kappa shape index (κ3) is 2.50. The van der Waals surface area contributed by atoms with Crippen LogP contribution in [-0.2, 0) is 0 Å². The van der Waals surface area contributed by atoms with Gasteiger partial charge in [-0.05, 0) is 30.3 Å². The lowest BCUT2D eigenvalue weighted by Gasteiger charge is -2.04. The molecule has 1 aromatic carbocycles. The van der Waals surface area contributed by atoms with Crippen LogP contribution in [0.15, 0.2) is 42.7 Å². The van der Waals surface area contributed by atoms with Crippen LogP contribution in [0.1, 0.15) is 0 Å². The van der Waals surface area contributed by atoms with Gasteiger partial charge in [-0.3, -0.25) is 0 Å². The average molecular weight is 222 g/mol. The van der Waals surface area contributed by atoms with E-state index in [2.05, 4.69) is 14.7 Å². The Hall–Kier alpha value is -2.04. The van der Waals surface area contributed by atoms with E-state index < -0.39 is 6.61 Å². The third-order valence-electron chi connectivity index (χ3n) is 1.90. The molecule has 0 spiro atoms. The van der Waals surface area contributed by atoms with Crippen molar-refractivity contribution in [1.29, 1.82) is 0 Å². The van der Waals surface area contributed by atoms with Crippen molar-refractivity contribution in [1.82, 2.24) is 9.97 Å². The SMILES string of the molecule is FC(F)Oc1ccc(-c2ncccn2)cc1. The number of hydrogen-bond acceptors (Lipinski definition) is 3. The summed E-state index contributed by atoms with van der Waals surface area (Å²) in [6.07, 6.45) is 3.23. The first kappa shape index (κ1) is 10.5. The predicted octanol–water partition coefficient (Wildman–Crippen LogP) is 2.75. The van der Waals surface area contributed by atoms with Crippen LogP contribution < -0.4 is 4.74 Å². The number of halogens is 2. The van der Waals surface area contributed by atoms with Gasteiger partial charge in [0.2, 0.25) is 0 Å². The number of aromatic nitrogens is 2. The van der Waals surface area contributed by atoms with Crippen LogP contribution in [0, 0.1) is 0 Å². The highest BCUT2D eigenvalue weighted by atomic mass is 19.3. The minimum atomic E-state index is -2.81. The van der Waals surface area contributed by atoms with E-state index in [9.17, 15) is 8.78 Å². The summed E-state index contributed by atoms with van der Waals surface area (Å²) >= 11 is 0. The van der Waals surface area contributed by atoms with E-state index in [-0.39, 0.29) is 5.75 Å². The van der Waals surface area contributed by atoms with Gasteiger partial charge in [-0.25, -0.2) is 9.97 Å². The van der Waals surface area contributed by atoms with Gasteiger partial charge in [0.05, 0.1) is 0 Å². The molecule has 0 N–H and O–H groups in total. The van der Waals surface area contributed by atoms with Crippen molar-refractivity contribution in [2.24, 2.45) is 0 Å². The first-order chi connectivity index (χ1) is 7.75. The molecule has 0 bridgehead atoms. The van der Waals surface area contributed by atoms with Crippen LogP contribution in [0.5, 0.6) is 5.75 Å². The predicted molar refractivity (Wildman–Crippen MR) is 54.1 cm³/mol. The molecule has 0 amide bonds. The zero-order valence-electron chi connectivity index (χ0n) is 8.18. The van der Waals surface area contributed by atoms with Crippen molar-refractivity contribution < 1.29 is 13.5 Å². The number of benzene rings is 1. The maximum atomic E-state index is 11.9. The second-order valence-corrected chi connectivity index (χ2v) is 2.98. The molecule has 0 aliphatic rings. The largest absolute Gasteiger partial charge is 0.435 e. The summed E-state index contributed by atoms with van der Waals surface area (Å²) in [6.45, 7) is -2.81. The quantitative estimate of drug-likeness (QED) is 0.800. The minimum absolute atomic E-state index is 0.120. The van der Waals surface area contributed by atoms with Crippen LogP contribution in [-0.4, -0.2) is 16.6 Å². The van der Waals surface area contributed by atoms with Gasteiger partial charge in [-0.1, -0.05) is 0 Å². The van der Waals surface area contributed by atoms with E-state index in [1.165, 1.54) is 12.1 Å². The van der Waals surface area contributed by atoms with Crippen molar-refractivity contribution in [3.8, 4) is 17.1 Å². The van der Waals surface area contributed by atoms with Gasteiger partial charge in [0.1, 0.15) is 5.75 Å². The second-order valence-electron chi connectivity index (χ2n) is 2.98. The molecule has 0 unspecified atom stereocenters. The molecule has 0 aliphatic carbocycles. The molecular formula is C11H8F2N2O. The van der Waals surface area contributed by atoms with Crippen molar-refractivity contribution in [3.05, 3.63) is 42.7 Å². The van der Waals surface area contributed by atoms with Gasteiger partial charge in [0, 0.05) is 18.0 Å². The van der Waals surface area contributed by atoms with Crippen LogP contribution in [0.3, 0.4) is 0 Å². The Morgan fingerprint density at radius 2 is 1.62 bits per heavy atom. The van der Waals surface area contributed by atoms with Gasteiger partial charge < -0.3 is 4.74 Å². The Kier molecular flexibility index (Phi) is 3.05. The maximum Gasteiger partial charge on any atom is 0.387 e. The monoisotopic (exact) mass is 222 g/mol. The standard InChI is InChI=1S/C11H8F2N2O/c12-11(13)16-9-4-2-8(3-5-9)10-14-6-1-7-15-10/h1-7,11H. The molecular weight excluding hydrogens is 214 g/mol. The number of rotatable bonds is 3. The molecule has 2 rings (SSSR count). The number of nitrogens with zero attached hydrogens (tertiary/aromatic N) is 2. The van der Waals surface area contributed by atoms with Crippen molar-refractivity contribution in [2.45, 2.75) is 6.61 Å². The smallest absolute Gasteiger partial charge is 0.387 e. The van der Waals surface area contributed by atoms with E-state index in [4.69, 9.17) is 0 Å². The molecule has 16 heavy (non-hydrogen) atoms. The van der Waals surface area contributed by atoms with E-state index in [1.54, 1.807) is 30.6 Å². The molecule has 0 aliphatic heterocycles. The van der Waals surface area contributed by atoms with Crippen LogP contribution >= 0.6 is 0 Å². The van der Waals surface area contributed by atoms with E-state index in [1.807, 2.05) is 0 Å². The summed E-state index contributed by atoms with van der Waals surface area (Å²) < 4.78 is 28.0. The Morgan fingerprint density at radius 1 is 1.00 bits per heavy atom. The summed E-state index contributed by atoms with van der Waals surface area (Å²) in [6, 6.07) is 7.88. The summed E-state index contributed by atoms with van der Waals surface area (Å²) in [5.41, 5.74) is 0.752. The highest BCUT2D eigenvalue weighted by molar-refractivity contribution is 5.55. The molecule has 0 saturated carbocycles. The summed E-state index contributed by atoms with van der Waals surface area (Å²) in [5.74, 6) is 0.667. The molecule has 2 aromatic rings. The molecule has 1 heterocycles. The van der Waals surface area contributed by atoms with Crippen LogP contribution in [0.2, 0.25) is 0 Å². The number of ether oxygens (including phenoxy) is 1. The fourth-order valence-corrected chi connectivity index (χ4v) is 1.23. The first-order valence-electron chi connectivity index (χ1n) is 4.58. The van der Waals surface area contributed by atoms with Crippen LogP contribution in [0.25, 0.3) is 11.4 Å². The first-order valence-corrected chi connectivity index (χ1v) is 4.58. The molecule has 5 heteroatoms. The zero-order valence-corrected chi connectivity index (χ0v) is 8.18. The third-order valence-corrected chi connectivity index (χ3v) is 1.90. The van der Waals surface area contributed by atoms with Crippen LogP contribution in [0.4, 0.5) is 8.78 Å². The Labute approximate surface area is 90.7 Å². The summed E-state index contributed by atoms with van der Waals surface area (Å²) in [5, 5.41) is 0. The molecule has 0 atom stereocenters. The lowest BCUT2D eigenvalue weighted by Crippen LogP contribution is -2.01. The normalized spacial score (nSPS) is 10.4. The Bertz CT molecular complexity index is 445. The van der Waals surface area contributed by atoms with Crippen molar-refractivity contribution >= 4 is 0 Å². The molecule has 0 saturated heterocycles. The fraction of sp³-hybridized carbons (Fsp3) is 0.0909. The lowest BCUT2D eigenvalue weighted by atomic mass is 10.2. The Balaban J connectivity index is 2.20. The summed E-state index contributed by atoms with van der Waals surface area (Å²) in [7, 11) is 0. The highest BCUT2D eigenvalue weighted by Gasteiger charge is 2.04. The van der Waals surface area contributed by atoms with Crippen molar-refractivity contribution in [3.63, 3.8) is 0 Å². The topological polar surface area (TPSA) is 35.0 Å². The second kappa shape index (κ2) is 4.65. The minimum Gasteiger partial charge on any atom is -0.435 e. The molecule has 3 nitrogen and oxygen atoms in total. The van der Waals surface area contributed by atoms with E-state index in [0.29, 0.717) is 5.82 Å². The van der Waals surface area contributed by atoms with Crippen molar-refractivity contribution in [2.75, 3.05) is 0 Å². The zero-order chi connectivity index (χ0) is 11.4. The number of hydrogen-bond donors (Lipinski definition) is 0. The number of alkyl halides is 2. The van der Waals surface area contributed by atoms with Gasteiger partial charge in [0.25, 0.3) is 0 Å². The van der Waals surface area contributed by atoms with Gasteiger partial charge in [-0.15, -0.1) is 0 Å². The lowest BCUT2D eigenvalue weighted by molar-refractivity contribution is -0.0498. The van der Waals surface area contributed by atoms with Gasteiger partial charge in [-0.2, -0.15) is 8.78 Å². The Morgan fingerprint density at radius 3 is 2.19 bits per heavy atom. The molecule has 0 fully saturated rings. The average Bonchev–Trinajstić information content (AvgIpc) is 2.30. The fourth-order valence-electron chi connectivity index (χ4n) is 1.23. The molecule has 82 valence electrons. The van der Waals surface area contributed by atoms with E-state index >= 15 is 0 Å². The highest BCUT2D eigenvalue weighted by Crippen LogP contribution is 2.19. The van der Waals surface area contributed by atoms with Gasteiger partial charge >= 0.3 is 6.61 Å². The molecule has 1 aromatic heterocycles. The van der Waals surface area contributed by atoms with E-state index in [0.717, 1.165) is 5.56 Å². The molecule has 0 radical (unpaired) electrons. The summed E-state index contributed by atoms with van der Waals surface area (Å²) in [4.78, 5) is 8.08. The maximum absolute atomic E-state index is 11.9. The van der Waals surface area contributed by atoms with Gasteiger partial charge in [0.15, 0.2) is 5.82 Å².